The smallest absolute Gasteiger partial charge is 0.262 e. The first-order chi connectivity index (χ1) is 12.8. The van der Waals surface area contributed by atoms with E-state index >= 15 is 0 Å². The van der Waals surface area contributed by atoms with Crippen LogP contribution < -0.4 is 10.9 Å². The molecule has 0 bridgehead atoms. The molecule has 1 heterocycles. The molecule has 1 amide bonds. The first-order valence-electron chi connectivity index (χ1n) is 9.18. The zero-order chi connectivity index (χ0) is 19.8. The van der Waals surface area contributed by atoms with E-state index in [0.717, 1.165) is 12.8 Å². The van der Waals surface area contributed by atoms with Crippen LogP contribution >= 0.6 is 11.8 Å². The lowest BCUT2D eigenvalue weighted by Gasteiger charge is -2.28. The first-order valence-corrected chi connectivity index (χ1v) is 10.1. The molecule has 27 heavy (non-hydrogen) atoms. The third-order valence-corrected chi connectivity index (χ3v) is 6.18. The van der Waals surface area contributed by atoms with Crippen LogP contribution in [0, 0.1) is 17.2 Å². The van der Waals surface area contributed by atoms with Crippen LogP contribution in [-0.2, 0) is 4.79 Å². The maximum atomic E-state index is 12.9. The molecule has 1 N–H and O–H groups in total. The molecular weight excluding hydrogens is 360 g/mol. The number of amides is 1. The number of rotatable bonds is 6. The van der Waals surface area contributed by atoms with Gasteiger partial charge in [-0.15, -0.1) is 0 Å². The van der Waals surface area contributed by atoms with Gasteiger partial charge in [0.2, 0.25) is 5.91 Å². The van der Waals surface area contributed by atoms with Gasteiger partial charge in [0.1, 0.15) is 5.54 Å². The number of carbonyl (C=O) groups excluding carboxylic acids is 1. The Kier molecular flexibility index (Phi) is 5.29. The Hall–Kier alpha value is -2.33. The zero-order valence-corrected chi connectivity index (χ0v) is 16.8. The molecule has 1 aromatic heterocycles. The van der Waals surface area contributed by atoms with Crippen LogP contribution in [0.1, 0.15) is 46.6 Å². The number of nitriles is 1. The second kappa shape index (κ2) is 7.35. The van der Waals surface area contributed by atoms with Gasteiger partial charge in [-0.2, -0.15) is 5.26 Å². The Morgan fingerprint density at radius 2 is 2.04 bits per heavy atom. The fraction of sp³-hybridized carbons (Fsp3) is 0.500. The number of thioether (sulfide) groups is 1. The predicted octanol–water partition coefficient (Wildman–Crippen LogP) is 3.27. The number of para-hydroxylation sites is 1. The minimum atomic E-state index is -0.932. The summed E-state index contributed by atoms with van der Waals surface area (Å²) < 4.78 is 1.72. The van der Waals surface area contributed by atoms with Gasteiger partial charge >= 0.3 is 0 Å². The van der Waals surface area contributed by atoms with E-state index < -0.39 is 10.8 Å². The second-order valence-electron chi connectivity index (χ2n) is 7.54. The Morgan fingerprint density at radius 1 is 1.37 bits per heavy atom. The van der Waals surface area contributed by atoms with Crippen molar-refractivity contribution in [2.75, 3.05) is 0 Å². The van der Waals surface area contributed by atoms with Crippen molar-refractivity contribution in [1.29, 1.82) is 5.26 Å². The van der Waals surface area contributed by atoms with E-state index in [1.54, 1.807) is 24.5 Å². The number of nitrogens with zero attached hydrogens (tertiary/aromatic N) is 3. The van der Waals surface area contributed by atoms with Gasteiger partial charge in [0, 0.05) is 6.04 Å². The fourth-order valence-corrected chi connectivity index (χ4v) is 3.71. The quantitative estimate of drug-likeness (QED) is 0.610. The van der Waals surface area contributed by atoms with Crippen molar-refractivity contribution in [3.8, 4) is 6.07 Å². The van der Waals surface area contributed by atoms with Crippen LogP contribution in [0.15, 0.2) is 34.2 Å². The number of carbonyl (C=O) groups is 1. The fourth-order valence-electron chi connectivity index (χ4n) is 2.73. The lowest BCUT2D eigenvalue weighted by molar-refractivity contribution is -0.121. The van der Waals surface area contributed by atoms with Crippen LogP contribution in [0.5, 0.6) is 0 Å². The van der Waals surface area contributed by atoms with Crippen LogP contribution in [-0.4, -0.2) is 26.2 Å². The molecule has 2 aromatic rings. The van der Waals surface area contributed by atoms with Crippen LogP contribution in [0.4, 0.5) is 0 Å². The Bertz CT molecular complexity index is 974. The molecule has 0 unspecified atom stereocenters. The highest BCUT2D eigenvalue weighted by Crippen LogP contribution is 2.37. The molecule has 2 atom stereocenters. The third-order valence-electron chi connectivity index (χ3n) is 5.11. The molecule has 1 aromatic carbocycles. The summed E-state index contributed by atoms with van der Waals surface area (Å²) in [4.78, 5) is 30.2. The lowest BCUT2D eigenvalue weighted by atomic mass is 9.90. The summed E-state index contributed by atoms with van der Waals surface area (Å²) in [5.74, 6) is -0.255. The van der Waals surface area contributed by atoms with Gasteiger partial charge in [0.15, 0.2) is 5.16 Å². The van der Waals surface area contributed by atoms with E-state index in [-0.39, 0.29) is 23.4 Å². The summed E-state index contributed by atoms with van der Waals surface area (Å²) in [6, 6.07) is 9.63. The Labute approximate surface area is 163 Å². The second-order valence-corrected chi connectivity index (χ2v) is 8.84. The SMILES string of the molecule is CC(C)[C@](C)(C#N)NC(=O)[C@H](C)Sc1nc2ccccc2c(=O)n1C1CC1. The van der Waals surface area contributed by atoms with E-state index in [2.05, 4.69) is 16.4 Å². The normalized spacial score (nSPS) is 17.3. The minimum absolute atomic E-state index is 0.0212. The van der Waals surface area contributed by atoms with Crippen molar-refractivity contribution >= 4 is 28.6 Å². The van der Waals surface area contributed by atoms with Crippen molar-refractivity contribution in [2.24, 2.45) is 5.92 Å². The first kappa shape index (κ1) is 19.4. The molecule has 1 aliphatic rings. The Balaban J connectivity index is 1.90. The van der Waals surface area contributed by atoms with Gasteiger partial charge in [0.25, 0.3) is 5.56 Å². The molecule has 0 spiro atoms. The maximum absolute atomic E-state index is 12.9. The van der Waals surface area contributed by atoms with Gasteiger partial charge in [-0.1, -0.05) is 37.7 Å². The molecule has 142 valence electrons. The van der Waals surface area contributed by atoms with Gasteiger partial charge in [-0.05, 0) is 44.7 Å². The number of hydrogen-bond donors (Lipinski definition) is 1. The molecule has 7 heteroatoms. The maximum Gasteiger partial charge on any atom is 0.262 e. The van der Waals surface area contributed by atoms with E-state index in [4.69, 9.17) is 0 Å². The molecule has 0 radical (unpaired) electrons. The monoisotopic (exact) mass is 384 g/mol. The summed E-state index contributed by atoms with van der Waals surface area (Å²) in [6.45, 7) is 7.30. The topological polar surface area (TPSA) is 87.8 Å². The van der Waals surface area contributed by atoms with Crippen molar-refractivity contribution < 1.29 is 4.79 Å². The standard InChI is InChI=1S/C20H24N4O2S/c1-12(2)20(4,11-21)23-17(25)13(3)27-19-22-16-8-6-5-7-15(16)18(26)24(19)14-9-10-14/h5-8,12-14H,9-10H2,1-4H3,(H,23,25)/t13-,20-/m0/s1. The minimum Gasteiger partial charge on any atom is -0.337 e. The summed E-state index contributed by atoms with van der Waals surface area (Å²) in [7, 11) is 0. The van der Waals surface area contributed by atoms with E-state index in [0.29, 0.717) is 16.1 Å². The zero-order valence-electron chi connectivity index (χ0n) is 16.0. The van der Waals surface area contributed by atoms with Crippen molar-refractivity contribution in [3.05, 3.63) is 34.6 Å². The van der Waals surface area contributed by atoms with Crippen molar-refractivity contribution in [2.45, 2.75) is 62.5 Å². The summed E-state index contributed by atoms with van der Waals surface area (Å²) in [6.07, 6.45) is 1.90. The molecule has 3 rings (SSSR count). The van der Waals surface area contributed by atoms with Crippen molar-refractivity contribution in [3.63, 3.8) is 0 Å². The average Bonchev–Trinajstić information content (AvgIpc) is 3.46. The summed E-state index contributed by atoms with van der Waals surface area (Å²) in [5, 5.41) is 13.0. The van der Waals surface area contributed by atoms with Gasteiger partial charge in [-0.25, -0.2) is 4.98 Å². The highest BCUT2D eigenvalue weighted by atomic mass is 32.2. The van der Waals surface area contributed by atoms with E-state index in [1.807, 2.05) is 32.0 Å². The molecule has 6 nitrogen and oxygen atoms in total. The summed E-state index contributed by atoms with van der Waals surface area (Å²) in [5.41, 5.74) is -0.348. The number of hydrogen-bond acceptors (Lipinski definition) is 5. The van der Waals surface area contributed by atoms with Crippen molar-refractivity contribution in [1.82, 2.24) is 14.9 Å². The third kappa shape index (κ3) is 3.86. The summed E-state index contributed by atoms with van der Waals surface area (Å²) >= 11 is 1.27. The molecule has 1 saturated carbocycles. The Morgan fingerprint density at radius 3 is 2.63 bits per heavy atom. The van der Waals surface area contributed by atoms with Gasteiger partial charge < -0.3 is 5.32 Å². The molecular formula is C20H24N4O2S. The lowest BCUT2D eigenvalue weighted by Crippen LogP contribution is -2.51. The molecule has 1 aliphatic carbocycles. The average molecular weight is 385 g/mol. The largest absolute Gasteiger partial charge is 0.337 e. The number of aromatic nitrogens is 2. The van der Waals surface area contributed by atoms with Gasteiger partial charge in [-0.3, -0.25) is 14.2 Å². The number of nitrogens with one attached hydrogen (secondary N) is 1. The van der Waals surface area contributed by atoms with Crippen LogP contribution in [0.3, 0.4) is 0 Å². The number of benzene rings is 1. The molecule has 0 aliphatic heterocycles. The van der Waals surface area contributed by atoms with Crippen LogP contribution in [0.2, 0.25) is 0 Å². The molecule has 0 saturated heterocycles. The van der Waals surface area contributed by atoms with Crippen LogP contribution in [0.25, 0.3) is 10.9 Å². The molecule has 1 fully saturated rings. The van der Waals surface area contributed by atoms with E-state index in [1.165, 1.54) is 11.8 Å². The highest BCUT2D eigenvalue weighted by Gasteiger charge is 2.33. The predicted molar refractivity (Wildman–Crippen MR) is 107 cm³/mol. The highest BCUT2D eigenvalue weighted by molar-refractivity contribution is 8.00. The van der Waals surface area contributed by atoms with E-state index in [9.17, 15) is 14.9 Å². The van der Waals surface area contributed by atoms with Gasteiger partial charge in [0.05, 0.1) is 22.2 Å². The number of fused-ring (bicyclic) bond motifs is 1.